The Morgan fingerprint density at radius 3 is 2.81 bits per heavy atom. The van der Waals surface area contributed by atoms with Gasteiger partial charge in [-0.15, -0.1) is 0 Å². The zero-order valence-corrected chi connectivity index (χ0v) is 10.1. The molecule has 16 heavy (non-hydrogen) atoms. The van der Waals surface area contributed by atoms with Crippen molar-refractivity contribution in [2.75, 3.05) is 7.11 Å². The molecule has 2 rings (SSSR count). The second-order valence-electron chi connectivity index (χ2n) is 3.25. The van der Waals surface area contributed by atoms with Gasteiger partial charge in [-0.1, -0.05) is 12.6 Å². The van der Waals surface area contributed by atoms with Gasteiger partial charge >= 0.3 is 11.7 Å². The van der Waals surface area contributed by atoms with Crippen LogP contribution in [0.15, 0.2) is 29.3 Å². The molecular weight excluding hydrogens is 274 g/mol. The van der Waals surface area contributed by atoms with E-state index >= 15 is 0 Å². The summed E-state index contributed by atoms with van der Waals surface area (Å²) < 4.78 is 5.83. The van der Waals surface area contributed by atoms with Crippen molar-refractivity contribution in [3.05, 3.63) is 40.0 Å². The highest BCUT2D eigenvalue weighted by atomic mass is 79.9. The standard InChI is InChI=1S/C11H8BrNO3/c1-6-9-7(12)4-3-5-8(9)13(15)10(6)11(14)16-2/h3-5H,1H2,2H3. The lowest BCUT2D eigenvalue weighted by molar-refractivity contribution is -0.356. The van der Waals surface area contributed by atoms with Gasteiger partial charge < -0.3 is 9.94 Å². The van der Waals surface area contributed by atoms with Crippen LogP contribution in [0, 0.1) is 5.21 Å². The van der Waals surface area contributed by atoms with Crippen LogP contribution in [0.3, 0.4) is 0 Å². The summed E-state index contributed by atoms with van der Waals surface area (Å²) in [4.78, 5) is 11.4. The molecule has 5 heteroatoms. The van der Waals surface area contributed by atoms with Crippen LogP contribution in [0.25, 0.3) is 5.57 Å². The molecular formula is C11H8BrNO3. The van der Waals surface area contributed by atoms with E-state index in [2.05, 4.69) is 27.2 Å². The van der Waals surface area contributed by atoms with E-state index < -0.39 is 5.97 Å². The summed E-state index contributed by atoms with van der Waals surface area (Å²) in [6, 6.07) is 5.15. The molecule has 0 aliphatic carbocycles. The van der Waals surface area contributed by atoms with Crippen molar-refractivity contribution in [1.82, 2.24) is 0 Å². The average molecular weight is 282 g/mol. The van der Waals surface area contributed by atoms with Gasteiger partial charge in [0, 0.05) is 10.5 Å². The monoisotopic (exact) mass is 281 g/mol. The summed E-state index contributed by atoms with van der Waals surface area (Å²) >= 11 is 3.32. The van der Waals surface area contributed by atoms with Gasteiger partial charge in [0.15, 0.2) is 0 Å². The number of carbonyl (C=O) groups excluding carboxylic acids is 1. The van der Waals surface area contributed by atoms with Crippen LogP contribution in [0.5, 0.6) is 0 Å². The smallest absolute Gasteiger partial charge is 0.405 e. The van der Waals surface area contributed by atoms with Crippen molar-refractivity contribution in [2.45, 2.75) is 0 Å². The highest BCUT2D eigenvalue weighted by Gasteiger charge is 2.37. The van der Waals surface area contributed by atoms with Crippen molar-refractivity contribution in [3.63, 3.8) is 0 Å². The fourth-order valence-electron chi connectivity index (χ4n) is 1.64. The van der Waals surface area contributed by atoms with Gasteiger partial charge in [-0.3, -0.25) is 0 Å². The molecule has 1 aromatic rings. The number of methoxy groups -OCH3 is 1. The molecule has 0 unspecified atom stereocenters. The maximum Gasteiger partial charge on any atom is 0.405 e. The first-order valence-electron chi connectivity index (χ1n) is 4.48. The molecule has 0 saturated carbocycles. The molecule has 1 heterocycles. The Bertz CT molecular complexity index is 534. The van der Waals surface area contributed by atoms with E-state index in [4.69, 9.17) is 0 Å². The summed E-state index contributed by atoms with van der Waals surface area (Å²) in [7, 11) is 1.23. The minimum Gasteiger partial charge on any atom is -0.618 e. The van der Waals surface area contributed by atoms with Crippen molar-refractivity contribution >= 4 is 38.9 Å². The van der Waals surface area contributed by atoms with Gasteiger partial charge in [0.2, 0.25) is 5.69 Å². The van der Waals surface area contributed by atoms with Gasteiger partial charge in [0.05, 0.1) is 18.2 Å². The number of halogens is 1. The third-order valence-corrected chi connectivity index (χ3v) is 3.04. The first-order valence-corrected chi connectivity index (χ1v) is 5.28. The van der Waals surface area contributed by atoms with E-state index in [0.717, 1.165) is 4.47 Å². The molecule has 82 valence electrons. The minimum atomic E-state index is -0.678. The topological polar surface area (TPSA) is 52.4 Å². The second-order valence-corrected chi connectivity index (χ2v) is 4.10. The number of fused-ring (bicyclic) bond motifs is 1. The molecule has 1 aliphatic rings. The number of hydrogen-bond donors (Lipinski definition) is 0. The first kappa shape index (κ1) is 10.9. The lowest BCUT2D eigenvalue weighted by Gasteiger charge is -2.00. The van der Waals surface area contributed by atoms with E-state index in [9.17, 15) is 10.0 Å². The molecule has 4 nitrogen and oxygen atoms in total. The van der Waals surface area contributed by atoms with Crippen molar-refractivity contribution < 1.29 is 14.3 Å². The number of hydrogen-bond acceptors (Lipinski definition) is 3. The summed E-state index contributed by atoms with van der Waals surface area (Å²) in [5, 5.41) is 11.9. The molecule has 0 fully saturated rings. The fraction of sp³-hybridized carbons (Fsp3) is 0.0909. The SMILES string of the molecule is C=C1C(C(=O)OC)=[N+]([O-])c2cccc(Br)c21. The summed E-state index contributed by atoms with van der Waals surface area (Å²) in [5.74, 6) is -0.678. The summed E-state index contributed by atoms with van der Waals surface area (Å²) in [5.41, 5.74) is 1.35. The van der Waals surface area contributed by atoms with Crippen LogP contribution in [-0.4, -0.2) is 23.5 Å². The number of ether oxygens (including phenoxy) is 1. The zero-order chi connectivity index (χ0) is 11.9. The van der Waals surface area contributed by atoms with Gasteiger partial charge in [0.1, 0.15) is 0 Å². The number of benzene rings is 1. The zero-order valence-electron chi connectivity index (χ0n) is 8.49. The third-order valence-electron chi connectivity index (χ3n) is 2.38. The normalized spacial score (nSPS) is 14.0. The highest BCUT2D eigenvalue weighted by Crippen LogP contribution is 2.38. The van der Waals surface area contributed by atoms with Crippen LogP contribution in [0.1, 0.15) is 5.56 Å². The fourth-order valence-corrected chi connectivity index (χ4v) is 2.24. The largest absolute Gasteiger partial charge is 0.618 e. The molecule has 0 atom stereocenters. The van der Waals surface area contributed by atoms with Crippen LogP contribution in [0.2, 0.25) is 0 Å². The molecule has 1 aromatic carbocycles. The Hall–Kier alpha value is -1.62. The van der Waals surface area contributed by atoms with E-state index in [1.165, 1.54) is 7.11 Å². The van der Waals surface area contributed by atoms with Crippen molar-refractivity contribution in [3.8, 4) is 0 Å². The Labute approximate surface area is 101 Å². The molecule has 0 radical (unpaired) electrons. The van der Waals surface area contributed by atoms with Crippen LogP contribution >= 0.6 is 15.9 Å². The van der Waals surface area contributed by atoms with Crippen LogP contribution in [-0.2, 0) is 9.53 Å². The van der Waals surface area contributed by atoms with Gasteiger partial charge in [0.25, 0.3) is 0 Å². The molecule has 0 amide bonds. The van der Waals surface area contributed by atoms with E-state index in [0.29, 0.717) is 21.6 Å². The second kappa shape index (κ2) is 3.75. The predicted molar refractivity (Wildman–Crippen MR) is 63.5 cm³/mol. The maximum absolute atomic E-state index is 11.9. The van der Waals surface area contributed by atoms with Gasteiger partial charge in [-0.25, -0.2) is 4.79 Å². The number of nitrogens with zero attached hydrogens (tertiary/aromatic N) is 1. The number of carbonyl (C=O) groups is 1. The molecule has 1 aliphatic heterocycles. The van der Waals surface area contributed by atoms with Crippen molar-refractivity contribution in [1.29, 1.82) is 0 Å². The Balaban J connectivity index is 2.65. The summed E-state index contributed by atoms with van der Waals surface area (Å²) in [6.45, 7) is 3.75. The van der Waals surface area contributed by atoms with Crippen molar-refractivity contribution in [2.24, 2.45) is 0 Å². The number of esters is 1. The molecule has 0 bridgehead atoms. The molecule has 0 saturated heterocycles. The quantitative estimate of drug-likeness (QED) is 0.451. The molecule has 0 N–H and O–H groups in total. The third kappa shape index (κ3) is 1.36. The minimum absolute atomic E-state index is 0.0654. The Morgan fingerprint density at radius 1 is 1.56 bits per heavy atom. The van der Waals surface area contributed by atoms with Crippen LogP contribution in [0.4, 0.5) is 5.69 Å². The maximum atomic E-state index is 11.9. The number of rotatable bonds is 1. The Kier molecular flexibility index (Phi) is 2.55. The Morgan fingerprint density at radius 2 is 2.25 bits per heavy atom. The van der Waals surface area contributed by atoms with Gasteiger partial charge in [-0.2, -0.15) is 4.74 Å². The van der Waals surface area contributed by atoms with E-state index in [1.54, 1.807) is 18.2 Å². The summed E-state index contributed by atoms with van der Waals surface area (Å²) in [6.07, 6.45) is 0. The average Bonchev–Trinajstić information content (AvgIpc) is 2.52. The molecule has 0 spiro atoms. The lowest BCUT2D eigenvalue weighted by Crippen LogP contribution is -2.20. The first-order chi connectivity index (χ1) is 7.57. The lowest BCUT2D eigenvalue weighted by atomic mass is 10.1. The van der Waals surface area contributed by atoms with Gasteiger partial charge in [-0.05, 0) is 22.0 Å². The van der Waals surface area contributed by atoms with E-state index in [-0.39, 0.29) is 5.71 Å². The highest BCUT2D eigenvalue weighted by molar-refractivity contribution is 9.10. The van der Waals surface area contributed by atoms with Crippen LogP contribution < -0.4 is 0 Å². The molecule has 0 aromatic heterocycles. The predicted octanol–water partition coefficient (Wildman–Crippen LogP) is 2.23. The van der Waals surface area contributed by atoms with E-state index in [1.807, 2.05) is 0 Å².